The third-order valence-electron chi connectivity index (χ3n) is 4.15. The molecule has 2 N–H and O–H groups in total. The highest BCUT2D eigenvalue weighted by molar-refractivity contribution is 6.06. The molecule has 0 saturated carbocycles. The van der Waals surface area contributed by atoms with Gasteiger partial charge in [0, 0.05) is 13.0 Å². The summed E-state index contributed by atoms with van der Waals surface area (Å²) in [6.45, 7) is 2.14. The number of unbranched alkanes of at least 4 members (excludes halogenated alkanes) is 7. The second kappa shape index (κ2) is 9.72. The summed E-state index contributed by atoms with van der Waals surface area (Å²) in [5.41, 5.74) is -0.813. The SMILES string of the molecule is CCCCCCCCCC=CC1(CCO)CC(=O)NC1=O. The Balaban J connectivity index is 2.26. The number of aliphatic hydroxyl groups excluding tert-OH is 1. The lowest BCUT2D eigenvalue weighted by Crippen LogP contribution is -2.30. The van der Waals surface area contributed by atoms with Gasteiger partial charge < -0.3 is 5.11 Å². The molecule has 4 nitrogen and oxygen atoms in total. The van der Waals surface area contributed by atoms with Gasteiger partial charge in [0.05, 0.1) is 5.41 Å². The summed E-state index contributed by atoms with van der Waals surface area (Å²) in [4.78, 5) is 23.2. The molecule has 0 radical (unpaired) electrons. The van der Waals surface area contributed by atoms with Crippen LogP contribution in [0.5, 0.6) is 0 Å². The van der Waals surface area contributed by atoms with E-state index in [9.17, 15) is 9.59 Å². The van der Waals surface area contributed by atoms with E-state index in [1.807, 2.05) is 12.2 Å². The normalized spacial score (nSPS) is 22.2. The van der Waals surface area contributed by atoms with E-state index in [1.165, 1.54) is 38.5 Å². The second-order valence-electron chi connectivity index (χ2n) is 6.00. The van der Waals surface area contributed by atoms with E-state index in [0.717, 1.165) is 12.8 Å². The quantitative estimate of drug-likeness (QED) is 0.350. The second-order valence-corrected chi connectivity index (χ2v) is 6.00. The van der Waals surface area contributed by atoms with Crippen molar-refractivity contribution in [1.82, 2.24) is 5.32 Å². The zero-order chi connectivity index (χ0) is 15.6. The van der Waals surface area contributed by atoms with Crippen molar-refractivity contribution in [2.45, 2.75) is 71.1 Å². The number of hydrogen-bond donors (Lipinski definition) is 2. The smallest absolute Gasteiger partial charge is 0.237 e. The van der Waals surface area contributed by atoms with E-state index >= 15 is 0 Å². The first-order valence-corrected chi connectivity index (χ1v) is 8.27. The van der Waals surface area contributed by atoms with E-state index in [0.29, 0.717) is 6.42 Å². The number of aliphatic hydroxyl groups is 1. The van der Waals surface area contributed by atoms with Crippen LogP contribution in [0, 0.1) is 5.41 Å². The fraction of sp³-hybridized carbons (Fsp3) is 0.765. The van der Waals surface area contributed by atoms with Crippen molar-refractivity contribution in [1.29, 1.82) is 0 Å². The van der Waals surface area contributed by atoms with Gasteiger partial charge in [0.1, 0.15) is 0 Å². The number of amides is 2. The number of nitrogens with one attached hydrogen (secondary N) is 1. The van der Waals surface area contributed by atoms with Gasteiger partial charge in [-0.2, -0.15) is 0 Å². The molecule has 1 fully saturated rings. The highest BCUT2D eigenvalue weighted by atomic mass is 16.3. The zero-order valence-corrected chi connectivity index (χ0v) is 13.2. The van der Waals surface area contributed by atoms with Crippen molar-refractivity contribution < 1.29 is 14.7 Å². The molecule has 0 aromatic heterocycles. The predicted molar refractivity (Wildman–Crippen MR) is 83.7 cm³/mol. The Kier molecular flexibility index (Phi) is 8.28. The summed E-state index contributed by atoms with van der Waals surface area (Å²) < 4.78 is 0. The van der Waals surface area contributed by atoms with Gasteiger partial charge in [-0.1, -0.05) is 57.6 Å². The lowest BCUT2D eigenvalue weighted by atomic mass is 9.82. The molecule has 0 spiro atoms. The number of rotatable bonds is 11. The highest BCUT2D eigenvalue weighted by Crippen LogP contribution is 2.33. The van der Waals surface area contributed by atoms with E-state index in [1.54, 1.807) is 0 Å². The van der Waals surface area contributed by atoms with Crippen LogP contribution >= 0.6 is 0 Å². The van der Waals surface area contributed by atoms with Gasteiger partial charge in [0.15, 0.2) is 0 Å². The Labute approximate surface area is 128 Å². The van der Waals surface area contributed by atoms with Gasteiger partial charge >= 0.3 is 0 Å². The van der Waals surface area contributed by atoms with Crippen LogP contribution in [0.25, 0.3) is 0 Å². The molecule has 1 atom stereocenters. The van der Waals surface area contributed by atoms with Crippen molar-refractivity contribution in [2.75, 3.05) is 6.61 Å². The zero-order valence-electron chi connectivity index (χ0n) is 13.2. The summed E-state index contributed by atoms with van der Waals surface area (Å²) in [6.07, 6.45) is 14.1. The average Bonchev–Trinajstić information content (AvgIpc) is 2.72. The molecule has 4 heteroatoms. The summed E-state index contributed by atoms with van der Waals surface area (Å²) in [7, 11) is 0. The molecule has 0 bridgehead atoms. The van der Waals surface area contributed by atoms with E-state index in [2.05, 4.69) is 12.2 Å². The molecule has 1 aliphatic rings. The van der Waals surface area contributed by atoms with Crippen LogP contribution in [-0.2, 0) is 9.59 Å². The molecule has 2 amide bonds. The van der Waals surface area contributed by atoms with Crippen molar-refractivity contribution in [2.24, 2.45) is 5.41 Å². The van der Waals surface area contributed by atoms with E-state index in [4.69, 9.17) is 5.11 Å². The maximum Gasteiger partial charge on any atom is 0.237 e. The number of allylic oxidation sites excluding steroid dienone is 1. The van der Waals surface area contributed by atoms with Crippen LogP contribution < -0.4 is 5.32 Å². The summed E-state index contributed by atoms with van der Waals surface area (Å²) in [5.74, 6) is -0.508. The fourth-order valence-electron chi connectivity index (χ4n) is 2.81. The topological polar surface area (TPSA) is 66.4 Å². The number of carbonyl (C=O) groups is 2. The van der Waals surface area contributed by atoms with Crippen LogP contribution in [0.15, 0.2) is 12.2 Å². The minimum Gasteiger partial charge on any atom is -0.396 e. The lowest BCUT2D eigenvalue weighted by molar-refractivity contribution is -0.127. The lowest BCUT2D eigenvalue weighted by Gasteiger charge is -2.19. The molecule has 120 valence electrons. The minimum absolute atomic E-state index is 0.0809. The number of hydrogen-bond acceptors (Lipinski definition) is 3. The van der Waals surface area contributed by atoms with Gasteiger partial charge in [0.25, 0.3) is 0 Å². The van der Waals surface area contributed by atoms with Gasteiger partial charge in [-0.3, -0.25) is 14.9 Å². The molecule has 0 aromatic carbocycles. The molecule has 1 unspecified atom stereocenters. The average molecular weight is 295 g/mol. The summed E-state index contributed by atoms with van der Waals surface area (Å²) in [5, 5.41) is 11.4. The summed E-state index contributed by atoms with van der Waals surface area (Å²) >= 11 is 0. The summed E-state index contributed by atoms with van der Waals surface area (Å²) in [6, 6.07) is 0. The molecule has 1 rings (SSSR count). The maximum absolute atomic E-state index is 11.9. The van der Waals surface area contributed by atoms with Crippen LogP contribution in [0.4, 0.5) is 0 Å². The third kappa shape index (κ3) is 6.00. The molecule has 0 aliphatic carbocycles. The van der Waals surface area contributed by atoms with Gasteiger partial charge in [-0.05, 0) is 19.3 Å². The van der Waals surface area contributed by atoms with Crippen LogP contribution in [0.1, 0.15) is 71.1 Å². The monoisotopic (exact) mass is 295 g/mol. The molecule has 1 aliphatic heterocycles. The van der Waals surface area contributed by atoms with E-state index in [-0.39, 0.29) is 24.8 Å². The molecule has 1 heterocycles. The Bertz CT molecular complexity index is 365. The third-order valence-corrected chi connectivity index (χ3v) is 4.15. The number of carbonyl (C=O) groups excluding carboxylic acids is 2. The largest absolute Gasteiger partial charge is 0.396 e. The minimum atomic E-state index is -0.813. The molecular weight excluding hydrogens is 266 g/mol. The standard InChI is InChI=1S/C17H29NO3/c1-2-3-4-5-6-7-8-9-10-11-17(12-13-19)14-15(20)18-16(17)21/h10-11,19H,2-9,12-14H2,1H3,(H,18,20,21). The first-order valence-electron chi connectivity index (χ1n) is 8.27. The number of imide groups is 1. The Morgan fingerprint density at radius 3 is 2.38 bits per heavy atom. The van der Waals surface area contributed by atoms with Gasteiger partial charge in [-0.15, -0.1) is 0 Å². The van der Waals surface area contributed by atoms with E-state index < -0.39 is 5.41 Å². The van der Waals surface area contributed by atoms with Crippen molar-refractivity contribution in [3.63, 3.8) is 0 Å². The van der Waals surface area contributed by atoms with Crippen LogP contribution in [-0.4, -0.2) is 23.5 Å². The Hall–Kier alpha value is -1.16. The van der Waals surface area contributed by atoms with Gasteiger partial charge in [0.2, 0.25) is 11.8 Å². The predicted octanol–water partition coefficient (Wildman–Crippen LogP) is 3.10. The first kappa shape index (κ1) is 17.9. The van der Waals surface area contributed by atoms with Gasteiger partial charge in [-0.25, -0.2) is 0 Å². The van der Waals surface area contributed by atoms with Crippen molar-refractivity contribution >= 4 is 11.8 Å². The Morgan fingerprint density at radius 1 is 1.14 bits per heavy atom. The maximum atomic E-state index is 11.9. The van der Waals surface area contributed by atoms with Crippen LogP contribution in [0.2, 0.25) is 0 Å². The molecule has 0 aromatic rings. The molecule has 21 heavy (non-hydrogen) atoms. The van der Waals surface area contributed by atoms with Crippen molar-refractivity contribution in [3.05, 3.63) is 12.2 Å². The molecular formula is C17H29NO3. The Morgan fingerprint density at radius 2 is 1.81 bits per heavy atom. The highest BCUT2D eigenvalue weighted by Gasteiger charge is 2.43. The van der Waals surface area contributed by atoms with Crippen molar-refractivity contribution in [3.8, 4) is 0 Å². The molecule has 1 saturated heterocycles. The van der Waals surface area contributed by atoms with Crippen LogP contribution in [0.3, 0.4) is 0 Å². The fourth-order valence-corrected chi connectivity index (χ4v) is 2.81. The first-order chi connectivity index (χ1) is 10.1.